The summed E-state index contributed by atoms with van der Waals surface area (Å²) in [6.07, 6.45) is 9.83. The van der Waals surface area contributed by atoms with E-state index >= 15 is 0 Å². The van der Waals surface area contributed by atoms with Gasteiger partial charge in [-0.05, 0) is 57.2 Å². The number of aromatic amines is 1. The Morgan fingerprint density at radius 3 is 2.72 bits per heavy atom. The molecule has 4 N–H and O–H groups in total. The van der Waals surface area contributed by atoms with E-state index in [1.165, 1.54) is 16.7 Å². The highest BCUT2D eigenvalue weighted by Gasteiger charge is 2.14. The normalized spacial score (nSPS) is 13.0. The Balaban J connectivity index is 2.04. The van der Waals surface area contributed by atoms with E-state index in [0.29, 0.717) is 6.42 Å². The van der Waals surface area contributed by atoms with Crippen LogP contribution in [0.25, 0.3) is 10.9 Å². The minimum atomic E-state index is -0.973. The van der Waals surface area contributed by atoms with E-state index in [4.69, 9.17) is 10.8 Å². The number of carbonyl (C=O) groups is 1. The standard InChI is InChI=1S/C21H28N2O2/c1-14(2)5-4-6-15(3)7-8-16-9-10-18-17(12-19(22)21(24)25)13-23-20(18)11-16/h5,7,9-11,13,19,23H,4,6,8,12,22H2,1-3H3,(H,24,25)/b15-7+/t19-/m0/s1. The number of allylic oxidation sites excluding steroid dienone is 4. The van der Waals surface area contributed by atoms with Crippen LogP contribution >= 0.6 is 0 Å². The quantitative estimate of drug-likeness (QED) is 0.625. The molecule has 0 saturated carbocycles. The molecule has 1 aromatic carbocycles. The number of hydrogen-bond donors (Lipinski definition) is 3. The summed E-state index contributed by atoms with van der Waals surface area (Å²) in [6, 6.07) is 5.42. The van der Waals surface area contributed by atoms with Crippen LogP contribution in [0, 0.1) is 0 Å². The minimum Gasteiger partial charge on any atom is -0.480 e. The van der Waals surface area contributed by atoms with Crippen molar-refractivity contribution >= 4 is 16.9 Å². The molecular weight excluding hydrogens is 312 g/mol. The average molecular weight is 340 g/mol. The van der Waals surface area contributed by atoms with Gasteiger partial charge < -0.3 is 15.8 Å². The summed E-state index contributed by atoms with van der Waals surface area (Å²) in [5.74, 6) is -0.973. The Morgan fingerprint density at radius 2 is 2.04 bits per heavy atom. The summed E-state index contributed by atoms with van der Waals surface area (Å²) in [5.41, 5.74) is 11.6. The SMILES string of the molecule is CC(C)=CCC/C(C)=C/Cc1ccc2c(C[C@H](N)C(=O)O)c[nH]c2c1. The van der Waals surface area contributed by atoms with Gasteiger partial charge in [0.2, 0.25) is 0 Å². The molecule has 0 aliphatic rings. The van der Waals surface area contributed by atoms with Crippen LogP contribution in [0.15, 0.2) is 47.7 Å². The van der Waals surface area contributed by atoms with Crippen molar-refractivity contribution in [3.8, 4) is 0 Å². The molecule has 0 spiro atoms. The zero-order valence-electron chi connectivity index (χ0n) is 15.3. The van der Waals surface area contributed by atoms with Crippen molar-refractivity contribution in [3.05, 3.63) is 58.8 Å². The first-order valence-electron chi connectivity index (χ1n) is 8.73. The largest absolute Gasteiger partial charge is 0.480 e. The van der Waals surface area contributed by atoms with Crippen LogP contribution in [0.3, 0.4) is 0 Å². The van der Waals surface area contributed by atoms with E-state index in [-0.39, 0.29) is 0 Å². The molecule has 134 valence electrons. The minimum absolute atomic E-state index is 0.331. The Labute approximate surface area is 149 Å². The lowest BCUT2D eigenvalue weighted by molar-refractivity contribution is -0.138. The van der Waals surface area contributed by atoms with Gasteiger partial charge >= 0.3 is 5.97 Å². The molecule has 2 aromatic rings. The Kier molecular flexibility index (Phi) is 6.59. The zero-order valence-corrected chi connectivity index (χ0v) is 15.3. The van der Waals surface area contributed by atoms with Crippen molar-refractivity contribution in [1.29, 1.82) is 0 Å². The predicted octanol–water partition coefficient (Wildman–Crippen LogP) is 4.36. The lowest BCUT2D eigenvalue weighted by atomic mass is 10.0. The van der Waals surface area contributed by atoms with Gasteiger partial charge in [-0.15, -0.1) is 0 Å². The molecule has 4 heteroatoms. The molecule has 0 amide bonds. The maximum absolute atomic E-state index is 10.9. The Bertz CT molecular complexity index is 795. The summed E-state index contributed by atoms with van der Waals surface area (Å²) >= 11 is 0. The molecule has 0 bridgehead atoms. The number of carboxylic acids is 1. The molecule has 0 aliphatic heterocycles. The van der Waals surface area contributed by atoms with Gasteiger partial charge in [-0.3, -0.25) is 4.79 Å². The molecule has 0 fully saturated rings. The highest BCUT2D eigenvalue weighted by Crippen LogP contribution is 2.21. The molecule has 1 heterocycles. The second kappa shape index (κ2) is 8.67. The fourth-order valence-electron chi connectivity index (χ4n) is 2.84. The van der Waals surface area contributed by atoms with Crippen LogP contribution in [-0.4, -0.2) is 22.1 Å². The first-order valence-corrected chi connectivity index (χ1v) is 8.73. The van der Waals surface area contributed by atoms with Crippen molar-refractivity contribution in [2.75, 3.05) is 0 Å². The third-order valence-electron chi connectivity index (χ3n) is 4.37. The molecule has 0 aliphatic carbocycles. The van der Waals surface area contributed by atoms with Gasteiger partial charge in [0.1, 0.15) is 6.04 Å². The smallest absolute Gasteiger partial charge is 0.320 e. The number of rotatable bonds is 8. The summed E-state index contributed by atoms with van der Waals surface area (Å²) in [5, 5.41) is 10.0. The number of benzene rings is 1. The first-order chi connectivity index (χ1) is 11.9. The van der Waals surface area contributed by atoms with E-state index in [0.717, 1.165) is 35.7 Å². The maximum atomic E-state index is 10.9. The van der Waals surface area contributed by atoms with Crippen LogP contribution in [0.4, 0.5) is 0 Å². The molecule has 1 atom stereocenters. The van der Waals surface area contributed by atoms with Gasteiger partial charge in [-0.2, -0.15) is 0 Å². The number of aromatic nitrogens is 1. The molecule has 0 radical (unpaired) electrons. The molecular formula is C21H28N2O2. The molecule has 2 rings (SSSR count). The fourth-order valence-corrected chi connectivity index (χ4v) is 2.84. The number of fused-ring (bicyclic) bond motifs is 1. The number of aliphatic carboxylic acids is 1. The summed E-state index contributed by atoms with van der Waals surface area (Å²) in [6.45, 7) is 6.43. The molecule has 0 unspecified atom stereocenters. The number of nitrogens with one attached hydrogen (secondary N) is 1. The van der Waals surface area contributed by atoms with Gasteiger partial charge in [-0.25, -0.2) is 0 Å². The third-order valence-corrected chi connectivity index (χ3v) is 4.37. The van der Waals surface area contributed by atoms with Crippen molar-refractivity contribution in [1.82, 2.24) is 4.98 Å². The van der Waals surface area contributed by atoms with E-state index in [9.17, 15) is 4.79 Å². The average Bonchev–Trinajstić information content (AvgIpc) is 2.94. The van der Waals surface area contributed by atoms with Crippen molar-refractivity contribution in [2.24, 2.45) is 5.73 Å². The highest BCUT2D eigenvalue weighted by atomic mass is 16.4. The van der Waals surface area contributed by atoms with Crippen molar-refractivity contribution in [3.63, 3.8) is 0 Å². The number of hydrogen-bond acceptors (Lipinski definition) is 2. The number of carboxylic acid groups (broad SMARTS) is 1. The third kappa shape index (κ3) is 5.61. The summed E-state index contributed by atoms with van der Waals surface area (Å²) < 4.78 is 0. The monoisotopic (exact) mass is 340 g/mol. The van der Waals surface area contributed by atoms with E-state index in [1.54, 1.807) is 0 Å². The second-order valence-corrected chi connectivity index (χ2v) is 6.92. The van der Waals surface area contributed by atoms with Crippen molar-refractivity contribution in [2.45, 2.75) is 52.5 Å². The maximum Gasteiger partial charge on any atom is 0.320 e. The van der Waals surface area contributed by atoms with Crippen molar-refractivity contribution < 1.29 is 9.90 Å². The molecule has 1 aromatic heterocycles. The highest BCUT2D eigenvalue weighted by molar-refractivity contribution is 5.85. The van der Waals surface area contributed by atoms with Gasteiger partial charge in [0.25, 0.3) is 0 Å². The number of H-pyrrole nitrogens is 1. The van der Waals surface area contributed by atoms with Crippen LogP contribution in [0.1, 0.15) is 44.7 Å². The lowest BCUT2D eigenvalue weighted by Crippen LogP contribution is -2.32. The lowest BCUT2D eigenvalue weighted by Gasteiger charge is -2.05. The fraction of sp³-hybridized carbons (Fsp3) is 0.381. The van der Waals surface area contributed by atoms with Gasteiger partial charge in [0.15, 0.2) is 0 Å². The van der Waals surface area contributed by atoms with E-state index in [1.807, 2.05) is 6.20 Å². The summed E-state index contributed by atoms with van der Waals surface area (Å²) in [7, 11) is 0. The molecule has 25 heavy (non-hydrogen) atoms. The number of nitrogens with two attached hydrogens (primary N) is 1. The van der Waals surface area contributed by atoms with Gasteiger partial charge in [-0.1, -0.05) is 35.4 Å². The predicted molar refractivity (Wildman–Crippen MR) is 104 cm³/mol. The van der Waals surface area contributed by atoms with Crippen LogP contribution in [0.5, 0.6) is 0 Å². The molecule has 0 saturated heterocycles. The van der Waals surface area contributed by atoms with Crippen LogP contribution in [-0.2, 0) is 17.6 Å². The molecule has 4 nitrogen and oxygen atoms in total. The Morgan fingerprint density at radius 1 is 1.28 bits per heavy atom. The Hall–Kier alpha value is -2.33. The zero-order chi connectivity index (χ0) is 18.4. The van der Waals surface area contributed by atoms with Gasteiger partial charge in [0.05, 0.1) is 0 Å². The summed E-state index contributed by atoms with van der Waals surface area (Å²) in [4.78, 5) is 14.2. The van der Waals surface area contributed by atoms with Crippen LogP contribution < -0.4 is 5.73 Å². The van der Waals surface area contributed by atoms with Gasteiger partial charge in [0, 0.05) is 23.5 Å². The first kappa shape index (κ1) is 19.0. The van der Waals surface area contributed by atoms with E-state index < -0.39 is 12.0 Å². The second-order valence-electron chi connectivity index (χ2n) is 6.92. The van der Waals surface area contributed by atoms with E-state index in [2.05, 4.69) is 56.1 Å². The van der Waals surface area contributed by atoms with Crippen LogP contribution in [0.2, 0.25) is 0 Å². The topological polar surface area (TPSA) is 79.1 Å².